The lowest BCUT2D eigenvalue weighted by atomic mass is 9.92. The fraction of sp³-hybridized carbons (Fsp3) is 0.312. The van der Waals surface area contributed by atoms with Gasteiger partial charge in [0.25, 0.3) is 0 Å². The molecule has 0 fully saturated rings. The smallest absolute Gasteiger partial charge is 0.132 e. The number of hydrogen-bond donors (Lipinski definition) is 1. The first-order valence-corrected chi connectivity index (χ1v) is 6.66. The average molecular weight is 273 g/mol. The fourth-order valence-corrected chi connectivity index (χ4v) is 2.93. The highest BCUT2D eigenvalue weighted by molar-refractivity contribution is 5.40. The molecule has 0 spiro atoms. The van der Waals surface area contributed by atoms with Crippen LogP contribution in [0.1, 0.15) is 35.3 Å². The van der Waals surface area contributed by atoms with Gasteiger partial charge in [-0.25, -0.2) is 4.39 Å². The van der Waals surface area contributed by atoms with Crippen molar-refractivity contribution in [3.05, 3.63) is 59.2 Å². The Morgan fingerprint density at radius 2 is 2.20 bits per heavy atom. The van der Waals surface area contributed by atoms with Gasteiger partial charge in [-0.1, -0.05) is 12.1 Å². The molecule has 0 radical (unpaired) electrons. The number of aliphatic hydroxyl groups excluding tert-OH is 1. The minimum absolute atomic E-state index is 0.183. The van der Waals surface area contributed by atoms with Crippen LogP contribution in [0.4, 0.5) is 4.39 Å². The molecule has 1 aliphatic rings. The number of aromatic nitrogens is 1. The number of fused-ring (bicyclic) bond motifs is 1. The van der Waals surface area contributed by atoms with Gasteiger partial charge in [-0.2, -0.15) is 0 Å². The average Bonchev–Trinajstić information content (AvgIpc) is 2.90. The molecule has 4 heteroatoms. The number of pyridine rings is 1. The predicted molar refractivity (Wildman–Crippen MR) is 73.2 cm³/mol. The van der Waals surface area contributed by atoms with Gasteiger partial charge >= 0.3 is 0 Å². The van der Waals surface area contributed by atoms with E-state index in [1.807, 2.05) is 12.1 Å². The Morgan fingerprint density at radius 1 is 1.35 bits per heavy atom. The minimum Gasteiger partial charge on any atom is -0.496 e. The molecule has 1 N–H and O–H groups in total. The van der Waals surface area contributed by atoms with E-state index in [0.717, 1.165) is 24.1 Å². The summed E-state index contributed by atoms with van der Waals surface area (Å²) >= 11 is 0. The van der Waals surface area contributed by atoms with E-state index in [1.54, 1.807) is 18.3 Å². The molecule has 3 rings (SSSR count). The Bertz CT molecular complexity index is 630. The number of methoxy groups -OCH3 is 1. The molecule has 20 heavy (non-hydrogen) atoms. The van der Waals surface area contributed by atoms with E-state index >= 15 is 0 Å². The molecule has 2 atom stereocenters. The molecule has 0 bridgehead atoms. The van der Waals surface area contributed by atoms with Crippen LogP contribution < -0.4 is 4.74 Å². The number of rotatable bonds is 3. The van der Waals surface area contributed by atoms with Gasteiger partial charge in [0.1, 0.15) is 11.6 Å². The highest BCUT2D eigenvalue weighted by Crippen LogP contribution is 2.43. The summed E-state index contributed by atoms with van der Waals surface area (Å²) in [5, 5.41) is 10.6. The topological polar surface area (TPSA) is 42.4 Å². The Kier molecular flexibility index (Phi) is 3.40. The van der Waals surface area contributed by atoms with Gasteiger partial charge in [-0.3, -0.25) is 4.98 Å². The first kappa shape index (κ1) is 13.1. The number of hydrogen-bond acceptors (Lipinski definition) is 3. The van der Waals surface area contributed by atoms with E-state index in [1.165, 1.54) is 13.2 Å². The molecular formula is C16H16FNO2. The summed E-state index contributed by atoms with van der Waals surface area (Å²) in [5.41, 5.74) is 2.22. The number of nitrogens with zero attached hydrogens (tertiary/aromatic N) is 1. The van der Waals surface area contributed by atoms with Gasteiger partial charge in [0.2, 0.25) is 0 Å². The molecule has 1 aromatic carbocycles. The molecule has 3 nitrogen and oxygen atoms in total. The van der Waals surface area contributed by atoms with Gasteiger partial charge in [-0.15, -0.1) is 0 Å². The zero-order valence-corrected chi connectivity index (χ0v) is 11.2. The fourth-order valence-electron chi connectivity index (χ4n) is 2.93. The summed E-state index contributed by atoms with van der Waals surface area (Å²) in [5.74, 6) is -0.250. The number of ether oxygens (including phenoxy) is 1. The maximum atomic E-state index is 14.1. The standard InChI is InChI=1S/C16H16FNO2/c1-20-13-6-2-5-12(17)14(13)16(19)11-8-7-10-4-3-9-18-15(10)11/h2-6,9,11,16,19H,7-8H2,1H3. The lowest BCUT2D eigenvalue weighted by Crippen LogP contribution is -2.12. The largest absolute Gasteiger partial charge is 0.496 e. The normalized spacial score (nSPS) is 18.6. The molecule has 2 unspecified atom stereocenters. The Hall–Kier alpha value is -1.94. The highest BCUT2D eigenvalue weighted by atomic mass is 19.1. The zero-order chi connectivity index (χ0) is 14.1. The Labute approximate surface area is 117 Å². The van der Waals surface area contributed by atoms with E-state index in [-0.39, 0.29) is 11.5 Å². The second-order valence-electron chi connectivity index (χ2n) is 4.99. The predicted octanol–water partition coefficient (Wildman–Crippen LogP) is 2.99. The van der Waals surface area contributed by atoms with Gasteiger partial charge < -0.3 is 9.84 Å². The number of aliphatic hydroxyl groups is 1. The quantitative estimate of drug-likeness (QED) is 0.934. The molecule has 0 aliphatic heterocycles. The van der Waals surface area contributed by atoms with E-state index in [2.05, 4.69) is 4.98 Å². The first-order chi connectivity index (χ1) is 9.72. The molecule has 1 heterocycles. The van der Waals surface area contributed by atoms with Crippen molar-refractivity contribution in [1.82, 2.24) is 4.98 Å². The molecule has 0 saturated heterocycles. The van der Waals surface area contributed by atoms with Crippen LogP contribution in [0, 0.1) is 5.82 Å². The van der Waals surface area contributed by atoms with Crippen molar-refractivity contribution in [1.29, 1.82) is 0 Å². The second kappa shape index (κ2) is 5.21. The lowest BCUT2D eigenvalue weighted by Gasteiger charge is -2.21. The van der Waals surface area contributed by atoms with Crippen molar-refractivity contribution >= 4 is 0 Å². The molecule has 1 aliphatic carbocycles. The SMILES string of the molecule is COc1cccc(F)c1C(O)C1CCc2cccnc21. The van der Waals surface area contributed by atoms with Crippen LogP contribution in [0.15, 0.2) is 36.5 Å². The highest BCUT2D eigenvalue weighted by Gasteiger charge is 2.33. The maximum Gasteiger partial charge on any atom is 0.132 e. The summed E-state index contributed by atoms with van der Waals surface area (Å²) in [6.07, 6.45) is 2.40. The molecule has 0 saturated carbocycles. The lowest BCUT2D eigenvalue weighted by molar-refractivity contribution is 0.135. The van der Waals surface area contributed by atoms with Crippen LogP contribution in [-0.2, 0) is 6.42 Å². The Balaban J connectivity index is 2.01. The van der Waals surface area contributed by atoms with Gasteiger partial charge in [0, 0.05) is 17.8 Å². The van der Waals surface area contributed by atoms with Crippen molar-refractivity contribution in [2.75, 3.05) is 7.11 Å². The van der Waals surface area contributed by atoms with E-state index in [0.29, 0.717) is 5.75 Å². The second-order valence-corrected chi connectivity index (χ2v) is 4.99. The third kappa shape index (κ3) is 2.06. The molecule has 1 aromatic heterocycles. The van der Waals surface area contributed by atoms with Crippen molar-refractivity contribution in [2.24, 2.45) is 0 Å². The number of aryl methyl sites for hydroxylation is 1. The first-order valence-electron chi connectivity index (χ1n) is 6.66. The molecule has 104 valence electrons. The molecular weight excluding hydrogens is 257 g/mol. The Morgan fingerprint density at radius 3 is 3.00 bits per heavy atom. The van der Waals surface area contributed by atoms with E-state index in [4.69, 9.17) is 4.74 Å². The summed E-state index contributed by atoms with van der Waals surface area (Å²) in [7, 11) is 1.48. The van der Waals surface area contributed by atoms with Crippen molar-refractivity contribution in [3.63, 3.8) is 0 Å². The van der Waals surface area contributed by atoms with Crippen LogP contribution in [0.5, 0.6) is 5.75 Å². The van der Waals surface area contributed by atoms with Crippen LogP contribution in [0.2, 0.25) is 0 Å². The minimum atomic E-state index is -0.942. The molecule has 0 amide bonds. The summed E-state index contributed by atoms with van der Waals surface area (Å²) in [4.78, 5) is 4.35. The third-order valence-electron chi connectivity index (χ3n) is 3.91. The van der Waals surface area contributed by atoms with Crippen LogP contribution in [0.3, 0.4) is 0 Å². The van der Waals surface area contributed by atoms with E-state index < -0.39 is 11.9 Å². The third-order valence-corrected chi connectivity index (χ3v) is 3.91. The number of halogens is 1. The van der Waals surface area contributed by atoms with Gasteiger partial charge in [-0.05, 0) is 36.6 Å². The molecule has 2 aromatic rings. The van der Waals surface area contributed by atoms with Crippen molar-refractivity contribution in [3.8, 4) is 5.75 Å². The van der Waals surface area contributed by atoms with Crippen LogP contribution >= 0.6 is 0 Å². The van der Waals surface area contributed by atoms with Crippen LogP contribution in [-0.4, -0.2) is 17.2 Å². The monoisotopic (exact) mass is 273 g/mol. The van der Waals surface area contributed by atoms with Crippen molar-refractivity contribution in [2.45, 2.75) is 24.9 Å². The summed E-state index contributed by atoms with van der Waals surface area (Å²) in [6, 6.07) is 8.47. The summed E-state index contributed by atoms with van der Waals surface area (Å²) < 4.78 is 19.2. The van der Waals surface area contributed by atoms with Gasteiger partial charge in [0.15, 0.2) is 0 Å². The summed E-state index contributed by atoms with van der Waals surface area (Å²) in [6.45, 7) is 0. The van der Waals surface area contributed by atoms with Crippen LogP contribution in [0.25, 0.3) is 0 Å². The maximum absolute atomic E-state index is 14.1. The van der Waals surface area contributed by atoms with Crippen molar-refractivity contribution < 1.29 is 14.2 Å². The van der Waals surface area contributed by atoms with Gasteiger partial charge in [0.05, 0.1) is 18.8 Å². The number of benzene rings is 1. The van der Waals surface area contributed by atoms with E-state index in [9.17, 15) is 9.50 Å². The zero-order valence-electron chi connectivity index (χ0n) is 11.2.